The number of nitrogens with zero attached hydrogens (tertiary/aromatic N) is 1. The highest BCUT2D eigenvalue weighted by atomic mass is 32.2. The van der Waals surface area contributed by atoms with Crippen molar-refractivity contribution in [1.29, 1.82) is 0 Å². The molecule has 3 N–H and O–H groups in total. The highest BCUT2D eigenvalue weighted by molar-refractivity contribution is 7.89. The summed E-state index contributed by atoms with van der Waals surface area (Å²) in [5.41, 5.74) is -1.27. The van der Waals surface area contributed by atoms with Crippen LogP contribution in [0.4, 0.5) is 14.5 Å². The van der Waals surface area contributed by atoms with E-state index in [9.17, 15) is 27.1 Å². The van der Waals surface area contributed by atoms with Crippen molar-refractivity contribution < 1.29 is 27.1 Å². The number of sulfonamides is 1. The Morgan fingerprint density at radius 2 is 2.03 bits per heavy atom. The molecular weight excluding hydrogens is 416 g/mol. The van der Waals surface area contributed by atoms with E-state index in [1.165, 1.54) is 31.7 Å². The molecule has 0 aliphatic carbocycles. The van der Waals surface area contributed by atoms with E-state index in [4.69, 9.17) is 0 Å². The average Bonchev–Trinajstić information content (AvgIpc) is 2.91. The van der Waals surface area contributed by atoms with Gasteiger partial charge in [-0.2, -0.15) is 0 Å². The minimum atomic E-state index is -3.98. The average molecular weight is 442 g/mol. The number of rotatable bonds is 4. The van der Waals surface area contributed by atoms with E-state index < -0.39 is 39.2 Å². The van der Waals surface area contributed by atoms with Crippen LogP contribution in [0.5, 0.6) is 0 Å². The summed E-state index contributed by atoms with van der Waals surface area (Å²) in [5.74, 6) is -2.26. The van der Waals surface area contributed by atoms with Gasteiger partial charge >= 0.3 is 0 Å². The van der Waals surface area contributed by atoms with Crippen LogP contribution in [0.1, 0.15) is 48.8 Å². The maximum Gasteiger partial charge on any atom is 0.272 e. The molecule has 1 aliphatic heterocycles. The maximum atomic E-state index is 14.6. The van der Waals surface area contributed by atoms with Crippen molar-refractivity contribution in [2.75, 3.05) is 5.32 Å². The third-order valence-electron chi connectivity index (χ3n) is 5.37. The Morgan fingerprint density at radius 1 is 1.37 bits per heavy atom. The smallest absolute Gasteiger partial charge is 0.272 e. The minimum Gasteiger partial charge on any atom is -0.389 e. The number of anilines is 1. The molecule has 7 nitrogen and oxygen atoms in total. The zero-order chi connectivity index (χ0) is 22.4. The summed E-state index contributed by atoms with van der Waals surface area (Å²) in [6.07, 6.45) is 1.91. The molecular formula is C20H25F2N3O4S. The number of aliphatic hydroxyl groups is 1. The van der Waals surface area contributed by atoms with Crippen molar-refractivity contribution in [1.82, 2.24) is 9.29 Å². The lowest BCUT2D eigenvalue weighted by molar-refractivity contribution is 0.0434. The Labute approximate surface area is 174 Å². The van der Waals surface area contributed by atoms with Gasteiger partial charge in [-0.1, -0.05) is 6.92 Å². The predicted octanol–water partition coefficient (Wildman–Crippen LogP) is 2.48. The first-order chi connectivity index (χ1) is 13.9. The van der Waals surface area contributed by atoms with E-state index in [1.54, 1.807) is 6.92 Å². The molecule has 1 aromatic carbocycles. The number of aryl methyl sites for hydroxylation is 1. The summed E-state index contributed by atoms with van der Waals surface area (Å²) < 4.78 is 57.8. The number of hydrogen-bond acceptors (Lipinski definition) is 4. The first kappa shape index (κ1) is 22.4. The molecule has 10 heteroatoms. The van der Waals surface area contributed by atoms with Crippen LogP contribution >= 0.6 is 0 Å². The molecule has 1 atom stereocenters. The largest absolute Gasteiger partial charge is 0.389 e. The SMILES string of the molecule is CCc1c(F)ccc(NC(=O)c2c3c(cn2C)S(=O)(=O)NC(C(C)(C)O)CC3)c1F. The van der Waals surface area contributed by atoms with Gasteiger partial charge in [-0.05, 0) is 45.2 Å². The van der Waals surface area contributed by atoms with Crippen LogP contribution in [0.2, 0.25) is 0 Å². The molecule has 0 spiro atoms. The lowest BCUT2D eigenvalue weighted by atomic mass is 9.93. The quantitative estimate of drug-likeness (QED) is 0.679. The van der Waals surface area contributed by atoms with Crippen LogP contribution in [0.15, 0.2) is 23.2 Å². The zero-order valence-corrected chi connectivity index (χ0v) is 18.0. The molecule has 0 saturated carbocycles. The molecule has 0 saturated heterocycles. The van der Waals surface area contributed by atoms with Crippen molar-refractivity contribution in [3.63, 3.8) is 0 Å². The van der Waals surface area contributed by atoms with Crippen molar-refractivity contribution in [3.05, 3.63) is 46.8 Å². The Kier molecular flexibility index (Phi) is 5.78. The van der Waals surface area contributed by atoms with Crippen molar-refractivity contribution in [2.24, 2.45) is 7.05 Å². The monoisotopic (exact) mass is 441 g/mol. The first-order valence-electron chi connectivity index (χ1n) is 9.58. The van der Waals surface area contributed by atoms with Crippen LogP contribution < -0.4 is 10.0 Å². The van der Waals surface area contributed by atoms with Gasteiger partial charge in [0.1, 0.15) is 16.4 Å². The second-order valence-corrected chi connectivity index (χ2v) is 9.68. The summed E-state index contributed by atoms with van der Waals surface area (Å²) in [4.78, 5) is 12.9. The lowest BCUT2D eigenvalue weighted by Gasteiger charge is -2.28. The number of hydrogen-bond donors (Lipinski definition) is 3. The summed E-state index contributed by atoms with van der Waals surface area (Å²) in [6, 6.07) is 1.47. The van der Waals surface area contributed by atoms with Gasteiger partial charge in [0.2, 0.25) is 10.0 Å². The van der Waals surface area contributed by atoms with Gasteiger partial charge in [0.05, 0.1) is 17.3 Å². The van der Waals surface area contributed by atoms with Crippen LogP contribution in [0.25, 0.3) is 0 Å². The van der Waals surface area contributed by atoms with Gasteiger partial charge in [-0.15, -0.1) is 0 Å². The summed E-state index contributed by atoms with van der Waals surface area (Å²) in [5, 5.41) is 12.7. The number of aromatic nitrogens is 1. The van der Waals surface area contributed by atoms with E-state index in [2.05, 4.69) is 10.0 Å². The Balaban J connectivity index is 2.01. The van der Waals surface area contributed by atoms with Crippen molar-refractivity contribution in [3.8, 4) is 0 Å². The number of halogens is 2. The number of fused-ring (bicyclic) bond motifs is 1. The van der Waals surface area contributed by atoms with Gasteiger partial charge in [-0.3, -0.25) is 4.79 Å². The molecule has 2 aromatic rings. The van der Waals surface area contributed by atoms with E-state index in [0.717, 1.165) is 12.1 Å². The van der Waals surface area contributed by atoms with E-state index in [1.807, 2.05) is 0 Å². The second-order valence-electron chi connectivity index (χ2n) is 7.99. The summed E-state index contributed by atoms with van der Waals surface area (Å²) in [7, 11) is -2.46. The van der Waals surface area contributed by atoms with Crippen LogP contribution in [-0.2, 0) is 29.9 Å². The number of carbonyl (C=O) groups is 1. The van der Waals surface area contributed by atoms with Crippen LogP contribution in [0.3, 0.4) is 0 Å². The molecule has 1 aliphatic rings. The topological polar surface area (TPSA) is 100 Å². The van der Waals surface area contributed by atoms with Crippen LogP contribution in [0, 0.1) is 11.6 Å². The van der Waals surface area contributed by atoms with Gasteiger partial charge in [-0.25, -0.2) is 21.9 Å². The van der Waals surface area contributed by atoms with E-state index >= 15 is 0 Å². The molecule has 1 amide bonds. The molecule has 1 unspecified atom stereocenters. The summed E-state index contributed by atoms with van der Waals surface area (Å²) in [6.45, 7) is 4.61. The third kappa shape index (κ3) is 3.99. The third-order valence-corrected chi connectivity index (χ3v) is 6.90. The number of nitrogens with one attached hydrogen (secondary N) is 2. The molecule has 0 fully saturated rings. The number of carbonyl (C=O) groups excluding carboxylic acids is 1. The fourth-order valence-electron chi connectivity index (χ4n) is 3.71. The maximum absolute atomic E-state index is 14.6. The predicted molar refractivity (Wildman–Crippen MR) is 108 cm³/mol. The number of benzene rings is 1. The Morgan fingerprint density at radius 3 is 2.63 bits per heavy atom. The molecule has 164 valence electrons. The fraction of sp³-hybridized carbons (Fsp3) is 0.450. The zero-order valence-electron chi connectivity index (χ0n) is 17.2. The van der Waals surface area contributed by atoms with E-state index in [0.29, 0.717) is 0 Å². The van der Waals surface area contributed by atoms with Gasteiger partial charge in [0.25, 0.3) is 5.91 Å². The van der Waals surface area contributed by atoms with Crippen LogP contribution in [-0.4, -0.2) is 35.6 Å². The lowest BCUT2D eigenvalue weighted by Crippen LogP contribution is -2.48. The van der Waals surface area contributed by atoms with Gasteiger partial charge in [0, 0.05) is 24.4 Å². The standard InChI is InChI=1S/C20H25F2N3O4S/c1-5-11-13(21)7-8-14(17(11)22)23-19(26)18-12-6-9-16(20(2,3)27)24-30(28,29)15(12)10-25(18)4/h7-8,10,16,24,27H,5-6,9H2,1-4H3,(H,23,26). The molecule has 2 heterocycles. The summed E-state index contributed by atoms with van der Waals surface area (Å²) >= 11 is 0. The Hall–Kier alpha value is -2.30. The number of amides is 1. The Bertz CT molecular complexity index is 1100. The van der Waals surface area contributed by atoms with Gasteiger partial charge in [0.15, 0.2) is 5.82 Å². The highest BCUT2D eigenvalue weighted by Gasteiger charge is 2.38. The first-order valence-corrected chi connectivity index (χ1v) is 11.1. The normalized spacial score (nSPS) is 18.6. The highest BCUT2D eigenvalue weighted by Crippen LogP contribution is 2.31. The molecule has 0 bridgehead atoms. The molecule has 1 aromatic heterocycles. The van der Waals surface area contributed by atoms with E-state index in [-0.39, 0.29) is 46.7 Å². The van der Waals surface area contributed by atoms with Gasteiger partial charge < -0.3 is 15.0 Å². The fourth-order valence-corrected chi connectivity index (χ4v) is 5.44. The van der Waals surface area contributed by atoms with Crippen molar-refractivity contribution in [2.45, 2.75) is 56.6 Å². The molecule has 30 heavy (non-hydrogen) atoms. The minimum absolute atomic E-state index is 0.0595. The van der Waals surface area contributed by atoms with Crippen molar-refractivity contribution >= 4 is 21.6 Å². The molecule has 3 rings (SSSR count). The second kappa shape index (κ2) is 7.75. The molecule has 0 radical (unpaired) electrons.